The summed E-state index contributed by atoms with van der Waals surface area (Å²) in [7, 11) is 0. The van der Waals surface area contributed by atoms with E-state index in [1.165, 1.54) is 32.1 Å². The fraction of sp³-hybridized carbons (Fsp3) is 0.750. The van der Waals surface area contributed by atoms with Crippen LogP contribution < -0.4 is 0 Å². The molecule has 0 spiro atoms. The first-order valence-corrected chi connectivity index (χ1v) is 9.36. The SMILES string of the molecule is CCCCCC(O)C=C[C@H]1CCC[C@@H]1CC=CCCCC(=O)O. The minimum atomic E-state index is -0.711. The zero-order chi connectivity index (χ0) is 16.9. The number of rotatable bonds is 12. The summed E-state index contributed by atoms with van der Waals surface area (Å²) in [6.45, 7) is 2.18. The van der Waals surface area contributed by atoms with E-state index in [0.29, 0.717) is 11.8 Å². The van der Waals surface area contributed by atoms with Gasteiger partial charge in [0.05, 0.1) is 6.10 Å². The molecule has 1 unspecified atom stereocenters. The van der Waals surface area contributed by atoms with E-state index in [2.05, 4.69) is 25.2 Å². The molecule has 3 nitrogen and oxygen atoms in total. The van der Waals surface area contributed by atoms with Gasteiger partial charge in [0.1, 0.15) is 0 Å². The first-order valence-electron chi connectivity index (χ1n) is 9.36. The van der Waals surface area contributed by atoms with Gasteiger partial charge in [-0.15, -0.1) is 0 Å². The van der Waals surface area contributed by atoms with Crippen molar-refractivity contribution in [1.29, 1.82) is 0 Å². The molecule has 1 aliphatic rings. The molecule has 0 aromatic rings. The monoisotopic (exact) mass is 322 g/mol. The lowest BCUT2D eigenvalue weighted by Crippen LogP contribution is -2.07. The predicted octanol–water partition coefficient (Wildman–Crippen LogP) is 5.10. The largest absolute Gasteiger partial charge is 0.481 e. The van der Waals surface area contributed by atoms with Gasteiger partial charge in [0.25, 0.3) is 0 Å². The summed E-state index contributed by atoms with van der Waals surface area (Å²) in [5.74, 6) is 0.571. The molecular formula is C20H34O3. The second kappa shape index (κ2) is 12.3. The summed E-state index contributed by atoms with van der Waals surface area (Å²) < 4.78 is 0. The summed E-state index contributed by atoms with van der Waals surface area (Å²) >= 11 is 0. The molecule has 0 aromatic carbocycles. The quantitative estimate of drug-likeness (QED) is 0.388. The lowest BCUT2D eigenvalue weighted by molar-refractivity contribution is -0.137. The second-order valence-electron chi connectivity index (χ2n) is 6.80. The van der Waals surface area contributed by atoms with Crippen molar-refractivity contribution < 1.29 is 15.0 Å². The Labute approximate surface area is 141 Å². The molecule has 0 aromatic heterocycles. The number of carboxylic acids is 1. The van der Waals surface area contributed by atoms with Gasteiger partial charge in [-0.1, -0.05) is 56.9 Å². The summed E-state index contributed by atoms with van der Waals surface area (Å²) in [5.41, 5.74) is 0. The van der Waals surface area contributed by atoms with E-state index in [1.807, 2.05) is 6.08 Å². The molecule has 132 valence electrons. The van der Waals surface area contributed by atoms with Gasteiger partial charge in [-0.2, -0.15) is 0 Å². The van der Waals surface area contributed by atoms with Crippen molar-refractivity contribution in [3.63, 3.8) is 0 Å². The van der Waals surface area contributed by atoms with E-state index >= 15 is 0 Å². The number of aliphatic hydroxyl groups excluding tert-OH is 1. The van der Waals surface area contributed by atoms with Crippen molar-refractivity contribution in [3.8, 4) is 0 Å². The Morgan fingerprint density at radius 3 is 2.78 bits per heavy atom. The number of hydrogen-bond acceptors (Lipinski definition) is 2. The van der Waals surface area contributed by atoms with Crippen LogP contribution in [0.15, 0.2) is 24.3 Å². The van der Waals surface area contributed by atoms with Gasteiger partial charge in [0.15, 0.2) is 0 Å². The Hall–Kier alpha value is -1.09. The number of unbranched alkanes of at least 4 members (excludes halogenated alkanes) is 3. The van der Waals surface area contributed by atoms with Crippen molar-refractivity contribution in [2.75, 3.05) is 0 Å². The Kier molecular flexibility index (Phi) is 10.7. The van der Waals surface area contributed by atoms with Gasteiger partial charge >= 0.3 is 5.97 Å². The zero-order valence-corrected chi connectivity index (χ0v) is 14.6. The molecule has 0 saturated heterocycles. The van der Waals surface area contributed by atoms with Crippen molar-refractivity contribution >= 4 is 5.97 Å². The van der Waals surface area contributed by atoms with E-state index in [9.17, 15) is 9.90 Å². The normalized spacial score (nSPS) is 23.0. The van der Waals surface area contributed by atoms with Crippen LogP contribution in [0.1, 0.15) is 77.6 Å². The highest BCUT2D eigenvalue weighted by atomic mass is 16.4. The summed E-state index contributed by atoms with van der Waals surface area (Å²) in [4.78, 5) is 10.4. The highest BCUT2D eigenvalue weighted by molar-refractivity contribution is 5.66. The molecule has 1 rings (SSSR count). The molecule has 0 bridgehead atoms. The zero-order valence-electron chi connectivity index (χ0n) is 14.6. The minimum Gasteiger partial charge on any atom is -0.481 e. The molecule has 0 heterocycles. The van der Waals surface area contributed by atoms with Crippen LogP contribution >= 0.6 is 0 Å². The molecule has 0 aliphatic heterocycles. The summed E-state index contributed by atoms with van der Waals surface area (Å²) in [6, 6.07) is 0. The standard InChI is InChI=1S/C20H34O3/c1-2-3-6-13-19(21)16-15-18-12-9-11-17(18)10-7-4-5-8-14-20(22)23/h4,7,15-19,21H,2-3,5-6,8-14H2,1H3,(H,22,23)/t17-,18+,19?/m0/s1. The molecule has 2 N–H and O–H groups in total. The van der Waals surface area contributed by atoms with Gasteiger partial charge in [0.2, 0.25) is 0 Å². The van der Waals surface area contributed by atoms with Gasteiger partial charge in [-0.3, -0.25) is 4.79 Å². The highest BCUT2D eigenvalue weighted by Crippen LogP contribution is 2.35. The highest BCUT2D eigenvalue weighted by Gasteiger charge is 2.23. The minimum absolute atomic E-state index is 0.259. The molecule has 1 saturated carbocycles. The molecule has 1 aliphatic carbocycles. The maximum absolute atomic E-state index is 10.4. The van der Waals surface area contributed by atoms with Crippen LogP contribution in [0.2, 0.25) is 0 Å². The molecule has 23 heavy (non-hydrogen) atoms. The van der Waals surface area contributed by atoms with E-state index in [1.54, 1.807) is 0 Å². The number of allylic oxidation sites excluding steroid dienone is 3. The number of carboxylic acid groups (broad SMARTS) is 1. The van der Waals surface area contributed by atoms with Crippen molar-refractivity contribution in [2.45, 2.75) is 83.7 Å². The average Bonchev–Trinajstić information content (AvgIpc) is 2.96. The number of aliphatic carboxylic acids is 1. The van der Waals surface area contributed by atoms with Crippen LogP contribution in [0.3, 0.4) is 0 Å². The first kappa shape index (κ1) is 20.0. The average molecular weight is 322 g/mol. The van der Waals surface area contributed by atoms with Crippen LogP contribution in [-0.2, 0) is 4.79 Å². The maximum atomic E-state index is 10.4. The first-order chi connectivity index (χ1) is 11.1. The van der Waals surface area contributed by atoms with Gasteiger partial charge in [-0.05, 0) is 50.4 Å². The Bertz CT molecular complexity index is 373. The molecule has 0 amide bonds. The van der Waals surface area contributed by atoms with Crippen LogP contribution in [0, 0.1) is 11.8 Å². The Balaban J connectivity index is 2.24. The molecule has 3 atom stereocenters. The van der Waals surface area contributed by atoms with Crippen LogP contribution in [0.5, 0.6) is 0 Å². The van der Waals surface area contributed by atoms with Crippen LogP contribution in [0.4, 0.5) is 0 Å². The van der Waals surface area contributed by atoms with Crippen molar-refractivity contribution in [2.24, 2.45) is 11.8 Å². The number of carbonyl (C=O) groups is 1. The number of aliphatic hydroxyl groups is 1. The van der Waals surface area contributed by atoms with Crippen molar-refractivity contribution in [3.05, 3.63) is 24.3 Å². The number of hydrogen-bond donors (Lipinski definition) is 2. The lowest BCUT2D eigenvalue weighted by atomic mass is 9.91. The van der Waals surface area contributed by atoms with E-state index < -0.39 is 5.97 Å². The van der Waals surface area contributed by atoms with Crippen LogP contribution in [0.25, 0.3) is 0 Å². The van der Waals surface area contributed by atoms with E-state index in [-0.39, 0.29) is 12.5 Å². The van der Waals surface area contributed by atoms with Crippen LogP contribution in [-0.4, -0.2) is 22.3 Å². The molecular weight excluding hydrogens is 288 g/mol. The van der Waals surface area contributed by atoms with Gasteiger partial charge in [0, 0.05) is 6.42 Å². The van der Waals surface area contributed by atoms with E-state index in [4.69, 9.17) is 5.11 Å². The Morgan fingerprint density at radius 2 is 2.04 bits per heavy atom. The summed E-state index contributed by atoms with van der Waals surface area (Å²) in [6.07, 6.45) is 19.4. The smallest absolute Gasteiger partial charge is 0.303 e. The van der Waals surface area contributed by atoms with Crippen molar-refractivity contribution in [1.82, 2.24) is 0 Å². The predicted molar refractivity (Wildman–Crippen MR) is 95.4 cm³/mol. The second-order valence-corrected chi connectivity index (χ2v) is 6.80. The summed E-state index contributed by atoms with van der Waals surface area (Å²) in [5, 5.41) is 18.6. The third kappa shape index (κ3) is 9.60. The lowest BCUT2D eigenvalue weighted by Gasteiger charge is -2.15. The molecule has 3 heteroatoms. The molecule has 1 fully saturated rings. The topological polar surface area (TPSA) is 57.5 Å². The van der Waals surface area contributed by atoms with Gasteiger partial charge < -0.3 is 10.2 Å². The third-order valence-corrected chi connectivity index (χ3v) is 4.77. The fourth-order valence-electron chi connectivity index (χ4n) is 3.34. The fourth-order valence-corrected chi connectivity index (χ4v) is 3.34. The third-order valence-electron chi connectivity index (χ3n) is 4.77. The maximum Gasteiger partial charge on any atom is 0.303 e. The van der Waals surface area contributed by atoms with Gasteiger partial charge in [-0.25, -0.2) is 0 Å². The van der Waals surface area contributed by atoms with E-state index in [0.717, 1.165) is 32.1 Å². The molecule has 0 radical (unpaired) electrons. The Morgan fingerprint density at radius 1 is 1.22 bits per heavy atom.